The summed E-state index contributed by atoms with van der Waals surface area (Å²) in [5.41, 5.74) is 6.38. The molecule has 156 valence electrons. The maximum atomic E-state index is 12.2. The van der Waals surface area contributed by atoms with E-state index in [-0.39, 0.29) is 22.2 Å². The van der Waals surface area contributed by atoms with Crippen molar-refractivity contribution in [2.45, 2.75) is 24.8 Å². The molecule has 0 atom stereocenters. The van der Waals surface area contributed by atoms with Crippen LogP contribution in [0.3, 0.4) is 0 Å². The highest BCUT2D eigenvalue weighted by atomic mass is 32.2. The van der Waals surface area contributed by atoms with E-state index in [1.54, 1.807) is 19.9 Å². The van der Waals surface area contributed by atoms with Gasteiger partial charge in [0.25, 0.3) is 11.8 Å². The first-order chi connectivity index (χ1) is 14.3. The van der Waals surface area contributed by atoms with Crippen LogP contribution in [0.1, 0.15) is 34.7 Å². The first kappa shape index (κ1) is 21.2. The van der Waals surface area contributed by atoms with E-state index in [1.165, 1.54) is 24.3 Å². The molecule has 0 aliphatic rings. The highest BCUT2D eigenvalue weighted by Crippen LogP contribution is 2.16. The fraction of sp³-hybridized carbons (Fsp3) is 0.150. The van der Waals surface area contributed by atoms with Crippen molar-refractivity contribution in [2.24, 2.45) is 0 Å². The van der Waals surface area contributed by atoms with E-state index < -0.39 is 21.8 Å². The first-order valence-electron chi connectivity index (χ1n) is 9.10. The van der Waals surface area contributed by atoms with Crippen LogP contribution < -0.4 is 15.6 Å². The predicted octanol–water partition coefficient (Wildman–Crippen LogP) is 1.84. The van der Waals surface area contributed by atoms with Crippen molar-refractivity contribution in [3.8, 4) is 11.3 Å². The summed E-state index contributed by atoms with van der Waals surface area (Å²) in [6, 6.07) is 16.0. The second-order valence-electron chi connectivity index (χ2n) is 6.74. The molecule has 3 rings (SSSR count). The zero-order chi connectivity index (χ0) is 21.7. The topological polar surface area (TPSA) is 133 Å². The van der Waals surface area contributed by atoms with Gasteiger partial charge in [-0.05, 0) is 44.2 Å². The van der Waals surface area contributed by atoms with Crippen LogP contribution in [-0.2, 0) is 10.0 Å². The molecule has 9 nitrogen and oxygen atoms in total. The molecule has 0 saturated heterocycles. The average Bonchev–Trinajstić information content (AvgIpc) is 3.22. The van der Waals surface area contributed by atoms with Gasteiger partial charge in [0.1, 0.15) is 5.69 Å². The zero-order valence-electron chi connectivity index (χ0n) is 16.3. The molecule has 0 unspecified atom stereocenters. The molecule has 0 aliphatic heterocycles. The number of hydrazine groups is 1. The van der Waals surface area contributed by atoms with Gasteiger partial charge in [0.2, 0.25) is 10.0 Å². The highest BCUT2D eigenvalue weighted by Gasteiger charge is 2.17. The van der Waals surface area contributed by atoms with Crippen LogP contribution >= 0.6 is 0 Å². The van der Waals surface area contributed by atoms with Gasteiger partial charge in [-0.2, -0.15) is 5.10 Å². The third-order valence-electron chi connectivity index (χ3n) is 4.00. The van der Waals surface area contributed by atoms with Crippen molar-refractivity contribution in [1.82, 2.24) is 25.8 Å². The Bertz CT molecular complexity index is 1140. The second-order valence-corrected chi connectivity index (χ2v) is 8.46. The summed E-state index contributed by atoms with van der Waals surface area (Å²) in [6.45, 7) is 3.43. The number of carbonyl (C=O) groups is 2. The molecule has 2 aromatic carbocycles. The molecular weight excluding hydrogens is 406 g/mol. The van der Waals surface area contributed by atoms with Gasteiger partial charge in [-0.25, -0.2) is 13.1 Å². The molecule has 10 heteroatoms. The van der Waals surface area contributed by atoms with E-state index in [9.17, 15) is 18.0 Å². The number of nitrogens with zero attached hydrogens (tertiary/aromatic N) is 1. The van der Waals surface area contributed by atoms with Crippen LogP contribution in [0.25, 0.3) is 11.3 Å². The molecule has 0 saturated carbocycles. The molecule has 1 heterocycles. The lowest BCUT2D eigenvalue weighted by atomic mass is 10.1. The van der Waals surface area contributed by atoms with E-state index in [2.05, 4.69) is 25.8 Å². The Kier molecular flexibility index (Phi) is 6.28. The third kappa shape index (κ3) is 5.10. The van der Waals surface area contributed by atoms with E-state index in [1.807, 2.05) is 30.3 Å². The van der Waals surface area contributed by atoms with E-state index in [0.717, 1.165) is 5.56 Å². The SMILES string of the molecule is CC(C)NS(=O)(=O)c1ccc(C(=O)NNC(=O)c2cc(-c3ccccc3)n[nH]2)cc1. The van der Waals surface area contributed by atoms with Gasteiger partial charge >= 0.3 is 0 Å². The van der Waals surface area contributed by atoms with Crippen LogP contribution in [0.4, 0.5) is 0 Å². The molecule has 30 heavy (non-hydrogen) atoms. The number of carbonyl (C=O) groups excluding carboxylic acids is 2. The standard InChI is InChI=1S/C20H21N5O4S/c1-13(2)25-30(28,29)16-10-8-15(9-11-16)19(26)23-24-20(27)18-12-17(21-22-18)14-6-4-3-5-7-14/h3-13,25H,1-2H3,(H,21,22)(H,23,26)(H,24,27). The van der Waals surface area contributed by atoms with Crippen LogP contribution in [0.15, 0.2) is 65.6 Å². The van der Waals surface area contributed by atoms with Gasteiger partial charge in [-0.3, -0.25) is 25.5 Å². The summed E-state index contributed by atoms with van der Waals surface area (Å²) in [5.74, 6) is -1.16. The van der Waals surface area contributed by atoms with Crippen molar-refractivity contribution in [3.63, 3.8) is 0 Å². The van der Waals surface area contributed by atoms with Crippen LogP contribution in [0, 0.1) is 0 Å². The maximum Gasteiger partial charge on any atom is 0.287 e. The molecule has 0 radical (unpaired) electrons. The van der Waals surface area contributed by atoms with Crippen LogP contribution in [-0.4, -0.2) is 36.5 Å². The monoisotopic (exact) mass is 427 g/mol. The smallest absolute Gasteiger partial charge is 0.272 e. The van der Waals surface area contributed by atoms with Crippen molar-refractivity contribution in [1.29, 1.82) is 0 Å². The summed E-state index contributed by atoms with van der Waals surface area (Å²) in [4.78, 5) is 24.5. The Morgan fingerprint density at radius 2 is 1.57 bits per heavy atom. The number of rotatable bonds is 6. The van der Waals surface area contributed by atoms with Gasteiger partial charge in [-0.15, -0.1) is 0 Å². The highest BCUT2D eigenvalue weighted by molar-refractivity contribution is 7.89. The second kappa shape index (κ2) is 8.89. The third-order valence-corrected chi connectivity index (χ3v) is 5.67. The number of sulfonamides is 1. The van der Waals surface area contributed by atoms with Gasteiger partial charge in [-0.1, -0.05) is 30.3 Å². The Hall–Kier alpha value is -3.50. The summed E-state index contributed by atoms with van der Waals surface area (Å²) >= 11 is 0. The van der Waals surface area contributed by atoms with Gasteiger partial charge < -0.3 is 0 Å². The summed E-state index contributed by atoms with van der Waals surface area (Å²) in [6.07, 6.45) is 0. The number of nitrogens with one attached hydrogen (secondary N) is 4. The van der Waals surface area contributed by atoms with Crippen molar-refractivity contribution in [2.75, 3.05) is 0 Å². The molecule has 3 aromatic rings. The number of hydrogen-bond donors (Lipinski definition) is 4. The Balaban J connectivity index is 1.60. The Morgan fingerprint density at radius 3 is 2.20 bits per heavy atom. The summed E-state index contributed by atoms with van der Waals surface area (Å²) < 4.78 is 26.7. The van der Waals surface area contributed by atoms with Crippen molar-refractivity contribution in [3.05, 3.63) is 71.9 Å². The van der Waals surface area contributed by atoms with E-state index >= 15 is 0 Å². The van der Waals surface area contributed by atoms with Crippen LogP contribution in [0.2, 0.25) is 0 Å². The molecule has 1 aromatic heterocycles. The summed E-state index contributed by atoms with van der Waals surface area (Å²) in [7, 11) is -3.65. The molecule has 0 bridgehead atoms. The minimum absolute atomic E-state index is 0.0442. The number of hydrogen-bond acceptors (Lipinski definition) is 5. The average molecular weight is 427 g/mol. The fourth-order valence-corrected chi connectivity index (χ4v) is 3.86. The van der Waals surface area contributed by atoms with Gasteiger partial charge in [0.15, 0.2) is 0 Å². The maximum absolute atomic E-state index is 12.2. The Labute approximate surface area is 173 Å². The normalized spacial score (nSPS) is 11.3. The van der Waals surface area contributed by atoms with Gasteiger partial charge in [0, 0.05) is 17.2 Å². The van der Waals surface area contributed by atoms with Crippen LogP contribution in [0.5, 0.6) is 0 Å². The molecule has 0 spiro atoms. The lowest BCUT2D eigenvalue weighted by Crippen LogP contribution is -2.41. The fourth-order valence-electron chi connectivity index (χ4n) is 2.61. The summed E-state index contributed by atoms with van der Waals surface area (Å²) in [5, 5.41) is 6.70. The minimum Gasteiger partial charge on any atom is -0.272 e. The quantitative estimate of drug-likeness (QED) is 0.446. The molecular formula is C20H21N5O4S. The minimum atomic E-state index is -3.65. The number of aromatic nitrogens is 2. The van der Waals surface area contributed by atoms with E-state index in [0.29, 0.717) is 5.69 Å². The Morgan fingerprint density at radius 1 is 0.933 bits per heavy atom. The first-order valence-corrected chi connectivity index (χ1v) is 10.6. The molecule has 0 aliphatic carbocycles. The molecule has 2 amide bonds. The zero-order valence-corrected chi connectivity index (χ0v) is 17.2. The van der Waals surface area contributed by atoms with Crippen molar-refractivity contribution < 1.29 is 18.0 Å². The van der Waals surface area contributed by atoms with Crippen molar-refractivity contribution >= 4 is 21.8 Å². The molecule has 0 fully saturated rings. The van der Waals surface area contributed by atoms with Gasteiger partial charge in [0.05, 0.1) is 10.6 Å². The number of aromatic amines is 1. The predicted molar refractivity (Wildman–Crippen MR) is 111 cm³/mol. The van der Waals surface area contributed by atoms with E-state index in [4.69, 9.17) is 0 Å². The molecule has 4 N–H and O–H groups in total. The number of H-pyrrole nitrogens is 1. The number of amides is 2. The number of benzene rings is 2. The lowest BCUT2D eigenvalue weighted by Gasteiger charge is -2.10. The lowest BCUT2D eigenvalue weighted by molar-refractivity contribution is 0.0844. The largest absolute Gasteiger partial charge is 0.287 e.